The van der Waals surface area contributed by atoms with Crippen molar-refractivity contribution in [3.8, 4) is 5.75 Å². The van der Waals surface area contributed by atoms with Crippen molar-refractivity contribution < 1.29 is 28.6 Å². The number of para-hydroxylation sites is 1. The molecule has 0 saturated carbocycles. The second-order valence-corrected chi connectivity index (χ2v) is 10.3. The van der Waals surface area contributed by atoms with Crippen LogP contribution in [0.1, 0.15) is 17.2 Å². The molecule has 2 heterocycles. The molecule has 0 radical (unpaired) electrons. The summed E-state index contributed by atoms with van der Waals surface area (Å²) in [6, 6.07) is 35.7. The summed E-state index contributed by atoms with van der Waals surface area (Å²) in [6.07, 6.45) is 0. The van der Waals surface area contributed by atoms with Crippen LogP contribution >= 0.6 is 0 Å². The van der Waals surface area contributed by atoms with Crippen molar-refractivity contribution in [2.24, 2.45) is 4.99 Å². The Kier molecular flexibility index (Phi) is 8.22. The largest absolute Gasteiger partial charge is 0.497 e. The van der Waals surface area contributed by atoms with Gasteiger partial charge in [0, 0.05) is 23.5 Å². The van der Waals surface area contributed by atoms with Gasteiger partial charge >= 0.3 is 11.9 Å². The average molecular weight is 605 g/mol. The lowest BCUT2D eigenvalue weighted by atomic mass is 10.0. The van der Waals surface area contributed by atoms with Crippen LogP contribution in [0.2, 0.25) is 0 Å². The summed E-state index contributed by atoms with van der Waals surface area (Å²) in [6.45, 7) is 0.336. The Balaban J connectivity index is 1.67. The van der Waals surface area contributed by atoms with Crippen LogP contribution in [0.5, 0.6) is 5.75 Å². The van der Waals surface area contributed by atoms with Gasteiger partial charge in [-0.05, 0) is 42.0 Å². The lowest BCUT2D eigenvalue weighted by Crippen LogP contribution is -2.53. The van der Waals surface area contributed by atoms with E-state index in [1.807, 2.05) is 120 Å². The minimum Gasteiger partial charge on any atom is -0.497 e. The van der Waals surface area contributed by atoms with E-state index < -0.39 is 23.8 Å². The third-order valence-corrected chi connectivity index (χ3v) is 7.75. The van der Waals surface area contributed by atoms with E-state index in [0.717, 1.165) is 16.8 Å². The fourth-order valence-electron chi connectivity index (χ4n) is 5.65. The molecular formula is C35H32N4O6. The zero-order valence-electron chi connectivity index (χ0n) is 25.0. The summed E-state index contributed by atoms with van der Waals surface area (Å²) in [5, 5.41) is 5.02. The molecule has 45 heavy (non-hydrogen) atoms. The van der Waals surface area contributed by atoms with Crippen molar-refractivity contribution in [2.45, 2.75) is 11.8 Å². The van der Waals surface area contributed by atoms with Crippen molar-refractivity contribution in [3.05, 3.63) is 138 Å². The number of carbonyl (C=O) groups excluding carboxylic acids is 2. The lowest BCUT2D eigenvalue weighted by molar-refractivity contribution is -0.174. The van der Waals surface area contributed by atoms with Crippen LogP contribution in [-0.4, -0.2) is 56.5 Å². The molecule has 6 rings (SSSR count). The Labute approximate surface area is 261 Å². The molecule has 1 saturated heterocycles. The summed E-state index contributed by atoms with van der Waals surface area (Å²) in [4.78, 5) is 40.8. The molecule has 2 unspecified atom stereocenters. The van der Waals surface area contributed by atoms with Gasteiger partial charge in [-0.25, -0.2) is 14.6 Å². The SMILES string of the molecule is COC(=O)C1=C(C(=O)OC)C2(N=C(Nc3ccccc3)c3ccccc3)N(c3ccc(OC)cc3)CC(c3ccccc3)N2O1. The summed E-state index contributed by atoms with van der Waals surface area (Å²) >= 11 is 0. The van der Waals surface area contributed by atoms with Gasteiger partial charge in [-0.15, -0.1) is 0 Å². The van der Waals surface area contributed by atoms with E-state index in [9.17, 15) is 9.59 Å². The molecule has 1 fully saturated rings. The summed E-state index contributed by atoms with van der Waals surface area (Å²) in [5.41, 5.74) is 2.98. The maximum Gasteiger partial charge on any atom is 0.376 e. The number of carbonyl (C=O) groups is 2. The van der Waals surface area contributed by atoms with E-state index in [1.54, 1.807) is 12.2 Å². The standard InChI is InChI=1S/C35H32N4O6/c1-42-28-21-19-27(20-22-28)38-23-29(24-13-7-4-8-14-24)39-35(38,30(33(40)43-2)31(45-39)34(41)44-3)37-32(25-15-9-5-10-16-25)36-26-17-11-6-12-18-26/h4-22,29H,23H2,1-3H3,(H,36,37). The van der Waals surface area contributed by atoms with Crippen molar-refractivity contribution in [1.82, 2.24) is 5.06 Å². The number of esters is 2. The Morgan fingerprint density at radius 1 is 0.800 bits per heavy atom. The minimum atomic E-state index is -1.72. The topological polar surface area (TPSA) is 102 Å². The van der Waals surface area contributed by atoms with Crippen LogP contribution in [0.3, 0.4) is 0 Å². The van der Waals surface area contributed by atoms with Crippen LogP contribution in [0.15, 0.2) is 132 Å². The second-order valence-electron chi connectivity index (χ2n) is 10.3. The number of nitrogens with one attached hydrogen (secondary N) is 1. The maximum absolute atomic E-state index is 13.9. The van der Waals surface area contributed by atoms with Gasteiger partial charge in [-0.1, -0.05) is 83.9 Å². The molecule has 1 N–H and O–H groups in total. The number of anilines is 2. The fraction of sp³-hybridized carbons (Fsp3) is 0.171. The quantitative estimate of drug-likeness (QED) is 0.163. The molecule has 4 aromatic rings. The maximum atomic E-state index is 13.9. The van der Waals surface area contributed by atoms with Crippen molar-refractivity contribution in [2.75, 3.05) is 38.1 Å². The number of benzene rings is 4. The average Bonchev–Trinajstić information content (AvgIpc) is 3.60. The van der Waals surface area contributed by atoms with Gasteiger partial charge in [0.1, 0.15) is 11.6 Å². The smallest absolute Gasteiger partial charge is 0.376 e. The highest BCUT2D eigenvalue weighted by atomic mass is 16.7. The molecule has 10 heteroatoms. The second kappa shape index (κ2) is 12.6. The molecule has 10 nitrogen and oxygen atoms in total. The number of methoxy groups -OCH3 is 3. The number of hydrogen-bond acceptors (Lipinski definition) is 9. The predicted octanol–water partition coefficient (Wildman–Crippen LogP) is 5.32. The lowest BCUT2D eigenvalue weighted by Gasteiger charge is -2.37. The van der Waals surface area contributed by atoms with E-state index in [2.05, 4.69) is 5.32 Å². The van der Waals surface area contributed by atoms with Crippen LogP contribution < -0.4 is 15.0 Å². The molecular weight excluding hydrogens is 572 g/mol. The van der Waals surface area contributed by atoms with E-state index in [0.29, 0.717) is 23.8 Å². The molecule has 2 aliphatic rings. The number of hydrogen-bond donors (Lipinski definition) is 1. The third kappa shape index (κ3) is 5.36. The first-order valence-electron chi connectivity index (χ1n) is 14.3. The van der Waals surface area contributed by atoms with E-state index >= 15 is 0 Å². The Bertz CT molecular complexity index is 1730. The zero-order chi connectivity index (χ0) is 31.4. The monoisotopic (exact) mass is 604 g/mol. The molecule has 0 amide bonds. The number of hydroxylamine groups is 2. The van der Waals surface area contributed by atoms with E-state index in [-0.39, 0.29) is 11.3 Å². The van der Waals surface area contributed by atoms with E-state index in [4.69, 9.17) is 24.0 Å². The normalized spacial score (nSPS) is 19.5. The summed E-state index contributed by atoms with van der Waals surface area (Å²) < 4.78 is 15.9. The molecule has 228 valence electrons. The van der Waals surface area contributed by atoms with Gasteiger partial charge in [0.15, 0.2) is 5.57 Å². The highest BCUT2D eigenvalue weighted by Crippen LogP contribution is 2.53. The Morgan fingerprint density at radius 2 is 1.40 bits per heavy atom. The van der Waals surface area contributed by atoms with Crippen LogP contribution in [-0.2, 0) is 23.9 Å². The minimum absolute atomic E-state index is 0.116. The summed E-state index contributed by atoms with van der Waals surface area (Å²) in [7, 11) is 4.08. The van der Waals surface area contributed by atoms with Crippen molar-refractivity contribution in [1.29, 1.82) is 0 Å². The third-order valence-electron chi connectivity index (χ3n) is 7.75. The highest BCUT2D eigenvalue weighted by molar-refractivity contribution is 6.10. The predicted molar refractivity (Wildman–Crippen MR) is 169 cm³/mol. The number of amidine groups is 1. The first-order chi connectivity index (χ1) is 22.0. The van der Waals surface area contributed by atoms with Crippen LogP contribution in [0.25, 0.3) is 0 Å². The molecule has 2 aliphatic heterocycles. The van der Waals surface area contributed by atoms with Crippen LogP contribution in [0.4, 0.5) is 11.4 Å². The molecule has 0 aliphatic carbocycles. The van der Waals surface area contributed by atoms with Gasteiger partial charge in [0.05, 0.1) is 27.4 Å². The molecule has 0 spiro atoms. The Morgan fingerprint density at radius 3 is 2.00 bits per heavy atom. The first kappa shape index (κ1) is 29.5. The van der Waals surface area contributed by atoms with E-state index in [1.165, 1.54) is 14.2 Å². The fourth-order valence-corrected chi connectivity index (χ4v) is 5.65. The first-order valence-corrected chi connectivity index (χ1v) is 14.3. The van der Waals surface area contributed by atoms with Gasteiger partial charge in [-0.3, -0.25) is 0 Å². The molecule has 4 aromatic carbocycles. The van der Waals surface area contributed by atoms with Gasteiger partial charge < -0.3 is 29.3 Å². The van der Waals surface area contributed by atoms with Gasteiger partial charge in [0.25, 0.3) is 5.79 Å². The number of rotatable bonds is 8. The number of aliphatic imine (C=N–C) groups is 1. The number of fused-ring (bicyclic) bond motifs is 1. The van der Waals surface area contributed by atoms with Crippen molar-refractivity contribution in [3.63, 3.8) is 0 Å². The Hall–Kier alpha value is -5.61. The molecule has 0 aromatic heterocycles. The van der Waals surface area contributed by atoms with Crippen molar-refractivity contribution >= 4 is 29.1 Å². The zero-order valence-corrected chi connectivity index (χ0v) is 25.0. The number of ether oxygens (including phenoxy) is 3. The van der Waals surface area contributed by atoms with Gasteiger partial charge in [-0.2, -0.15) is 0 Å². The van der Waals surface area contributed by atoms with Crippen LogP contribution in [0, 0.1) is 0 Å². The number of nitrogens with zero attached hydrogens (tertiary/aromatic N) is 3. The highest BCUT2D eigenvalue weighted by Gasteiger charge is 2.66. The molecule has 2 atom stereocenters. The molecule has 0 bridgehead atoms. The van der Waals surface area contributed by atoms with Gasteiger partial charge in [0.2, 0.25) is 5.76 Å². The summed E-state index contributed by atoms with van der Waals surface area (Å²) in [5.74, 6) is -2.57.